The molecule has 3 aliphatic carbocycles. The van der Waals surface area contributed by atoms with E-state index in [2.05, 4.69) is 5.32 Å². The third-order valence-corrected chi connectivity index (χ3v) is 10.7. The zero-order chi connectivity index (χ0) is 24.6. The van der Waals surface area contributed by atoms with Gasteiger partial charge in [-0.1, -0.05) is 0 Å². The van der Waals surface area contributed by atoms with Gasteiger partial charge in [0.05, 0.1) is 42.1 Å². The number of morpholine rings is 1. The summed E-state index contributed by atoms with van der Waals surface area (Å²) in [6, 6.07) is -1.76. The van der Waals surface area contributed by atoms with Crippen molar-refractivity contribution >= 4 is 27.5 Å². The molecule has 4 aliphatic rings. The molecule has 34 heavy (non-hydrogen) atoms. The lowest BCUT2D eigenvalue weighted by Crippen LogP contribution is -2.65. The number of sulfonamides is 1. The number of aliphatic hydroxyl groups excluding tert-OH is 1. The van der Waals surface area contributed by atoms with Crippen LogP contribution in [0.4, 0.5) is 13.2 Å². The minimum absolute atomic E-state index is 0.0377. The highest BCUT2D eigenvalue weighted by Crippen LogP contribution is 2.38. The number of carbonyl (C=O) groups excluding carboxylic acids is 1. The number of carbonyl (C=O) groups is 1. The minimum Gasteiger partial charge on any atom is -0.394 e. The van der Waals surface area contributed by atoms with Crippen LogP contribution in [0.1, 0.15) is 57.8 Å². The first kappa shape index (κ1) is 26.4. The average molecular weight is 531 g/mol. The number of halogens is 4. The molecule has 1 amide bonds. The van der Waals surface area contributed by atoms with Crippen LogP contribution in [-0.2, 0) is 19.6 Å². The Hall–Kier alpha value is -0.620. The van der Waals surface area contributed by atoms with Gasteiger partial charge in [0.2, 0.25) is 15.9 Å². The summed E-state index contributed by atoms with van der Waals surface area (Å²) in [5.74, 6) is -1.73. The number of rotatable bonds is 5. The second kappa shape index (κ2) is 10.8. The monoisotopic (exact) mass is 530 g/mol. The molecule has 4 rings (SSSR count). The molecule has 7 unspecified atom stereocenters. The summed E-state index contributed by atoms with van der Waals surface area (Å²) >= 11 is 6.20. The fraction of sp³-hybridized carbons (Fsp3) is 0.955. The summed E-state index contributed by atoms with van der Waals surface area (Å²) in [5, 5.41) is 10.8. The lowest BCUT2D eigenvalue weighted by Gasteiger charge is -2.49. The van der Waals surface area contributed by atoms with Crippen LogP contribution in [0.5, 0.6) is 0 Å². The van der Waals surface area contributed by atoms with E-state index >= 15 is 4.39 Å². The number of aliphatic hydroxyl groups is 1. The molecule has 1 aliphatic heterocycles. The standard InChI is InChI=1S/C22H34ClF3N2O5S/c23-15-2-1-3-16(25)21(15)22(30)27-18-9-19-20(8-17(18)26)33-13(11-29)10-28(19)34(31,32)14-6-4-12(24)5-7-14/h12-21,29H,1-11H2,(H,27,30)/t12?,13-,14?,15?,16?,17?,18?,19?,20?,21?/m1/s1. The number of nitrogens with one attached hydrogen (secondary N) is 1. The van der Waals surface area contributed by atoms with E-state index < -0.39 is 81.9 Å². The molecule has 12 heteroatoms. The smallest absolute Gasteiger partial charge is 0.227 e. The van der Waals surface area contributed by atoms with Crippen LogP contribution in [-0.4, -0.2) is 90.3 Å². The summed E-state index contributed by atoms with van der Waals surface area (Å²) in [4.78, 5) is 12.8. The van der Waals surface area contributed by atoms with Crippen molar-refractivity contribution in [1.82, 2.24) is 9.62 Å². The predicted octanol–water partition coefficient (Wildman–Crippen LogP) is 2.39. The molecule has 1 heterocycles. The summed E-state index contributed by atoms with van der Waals surface area (Å²) in [6.45, 7) is -0.508. The maximum atomic E-state index is 15.1. The van der Waals surface area contributed by atoms with Crippen molar-refractivity contribution in [2.75, 3.05) is 13.2 Å². The summed E-state index contributed by atoms with van der Waals surface area (Å²) < 4.78 is 77.2. The van der Waals surface area contributed by atoms with Crippen molar-refractivity contribution in [3.63, 3.8) is 0 Å². The number of fused-ring (bicyclic) bond motifs is 1. The largest absolute Gasteiger partial charge is 0.394 e. The van der Waals surface area contributed by atoms with Crippen LogP contribution < -0.4 is 5.32 Å². The third-order valence-electron chi connectivity index (χ3n) is 7.86. The van der Waals surface area contributed by atoms with Crippen molar-refractivity contribution in [3.05, 3.63) is 0 Å². The van der Waals surface area contributed by atoms with Crippen LogP contribution in [0.15, 0.2) is 0 Å². The van der Waals surface area contributed by atoms with Gasteiger partial charge in [-0.15, -0.1) is 11.6 Å². The number of hydrogen-bond donors (Lipinski definition) is 2. The van der Waals surface area contributed by atoms with Gasteiger partial charge in [0, 0.05) is 18.3 Å². The molecule has 0 aromatic rings. The Morgan fingerprint density at radius 3 is 2.41 bits per heavy atom. The normalized spacial score (nSPS) is 44.3. The Kier molecular flexibility index (Phi) is 8.39. The molecular formula is C22H34ClF3N2O5S. The highest BCUT2D eigenvalue weighted by atomic mass is 35.5. The first-order valence-electron chi connectivity index (χ1n) is 12.3. The third kappa shape index (κ3) is 5.38. The highest BCUT2D eigenvalue weighted by Gasteiger charge is 2.51. The SMILES string of the molecule is O=C(NC1CC2C(CC1F)O[C@@H](CO)CN2S(=O)(=O)C1CCC(F)CC1)C1C(F)CCCC1Cl. The molecule has 0 bridgehead atoms. The van der Waals surface area contributed by atoms with E-state index in [9.17, 15) is 27.1 Å². The van der Waals surface area contributed by atoms with Gasteiger partial charge < -0.3 is 15.2 Å². The van der Waals surface area contributed by atoms with E-state index in [4.69, 9.17) is 16.3 Å². The second-order valence-electron chi connectivity index (χ2n) is 10.1. The summed E-state index contributed by atoms with van der Waals surface area (Å²) in [7, 11) is -3.87. The second-order valence-corrected chi connectivity index (χ2v) is 12.9. The van der Waals surface area contributed by atoms with Crippen molar-refractivity contribution in [3.8, 4) is 0 Å². The number of alkyl halides is 4. The maximum Gasteiger partial charge on any atom is 0.227 e. The Bertz CT molecular complexity index is 821. The molecule has 2 N–H and O–H groups in total. The average Bonchev–Trinajstić information content (AvgIpc) is 2.79. The lowest BCUT2D eigenvalue weighted by molar-refractivity contribution is -0.143. The minimum atomic E-state index is -3.87. The summed E-state index contributed by atoms with van der Waals surface area (Å²) in [6.07, 6.45) is -3.69. The molecule has 1 saturated heterocycles. The molecule has 7 nitrogen and oxygen atoms in total. The molecule has 0 radical (unpaired) electrons. The maximum absolute atomic E-state index is 15.1. The van der Waals surface area contributed by atoms with E-state index in [-0.39, 0.29) is 51.5 Å². The molecule has 0 aromatic carbocycles. The van der Waals surface area contributed by atoms with Gasteiger partial charge in [-0.05, 0) is 51.4 Å². The molecule has 0 aromatic heterocycles. The van der Waals surface area contributed by atoms with Crippen molar-refractivity contribution in [2.24, 2.45) is 5.92 Å². The van der Waals surface area contributed by atoms with Gasteiger partial charge >= 0.3 is 0 Å². The molecular weight excluding hydrogens is 497 g/mol. The number of ether oxygens (including phenoxy) is 1. The molecule has 4 fully saturated rings. The van der Waals surface area contributed by atoms with Gasteiger partial charge in [0.15, 0.2) is 0 Å². The van der Waals surface area contributed by atoms with E-state index in [0.29, 0.717) is 12.8 Å². The van der Waals surface area contributed by atoms with E-state index in [1.165, 1.54) is 4.31 Å². The Balaban J connectivity index is 1.51. The fourth-order valence-corrected chi connectivity index (χ4v) is 8.58. The fourth-order valence-electron chi connectivity index (χ4n) is 5.93. The van der Waals surface area contributed by atoms with E-state index in [1.54, 1.807) is 0 Å². The van der Waals surface area contributed by atoms with Crippen LogP contribution in [0.2, 0.25) is 0 Å². The molecule has 8 atom stereocenters. The van der Waals surface area contributed by atoms with Gasteiger partial charge in [0.25, 0.3) is 0 Å². The van der Waals surface area contributed by atoms with Gasteiger partial charge in [-0.25, -0.2) is 21.6 Å². The lowest BCUT2D eigenvalue weighted by atomic mass is 9.83. The van der Waals surface area contributed by atoms with Crippen LogP contribution >= 0.6 is 11.6 Å². The highest BCUT2D eigenvalue weighted by molar-refractivity contribution is 7.89. The van der Waals surface area contributed by atoms with Crippen molar-refractivity contribution in [2.45, 2.75) is 111 Å². The number of hydrogen-bond acceptors (Lipinski definition) is 5. The first-order chi connectivity index (χ1) is 16.1. The van der Waals surface area contributed by atoms with E-state index in [0.717, 1.165) is 0 Å². The van der Waals surface area contributed by atoms with Gasteiger partial charge in [-0.2, -0.15) is 4.31 Å². The quantitative estimate of drug-likeness (QED) is 0.532. The number of amides is 1. The van der Waals surface area contributed by atoms with Crippen LogP contribution in [0.25, 0.3) is 0 Å². The molecule has 0 spiro atoms. The zero-order valence-corrected chi connectivity index (χ0v) is 20.6. The molecule has 196 valence electrons. The first-order valence-corrected chi connectivity index (χ1v) is 14.2. The Morgan fingerprint density at radius 1 is 1.06 bits per heavy atom. The summed E-state index contributed by atoms with van der Waals surface area (Å²) in [5.41, 5.74) is 0. The van der Waals surface area contributed by atoms with E-state index in [1.807, 2.05) is 0 Å². The molecule has 3 saturated carbocycles. The van der Waals surface area contributed by atoms with Gasteiger partial charge in [-0.3, -0.25) is 4.79 Å². The Morgan fingerprint density at radius 2 is 1.76 bits per heavy atom. The number of nitrogens with zero attached hydrogens (tertiary/aromatic N) is 1. The zero-order valence-electron chi connectivity index (χ0n) is 19.0. The van der Waals surface area contributed by atoms with Crippen LogP contribution in [0, 0.1) is 5.92 Å². The van der Waals surface area contributed by atoms with Crippen molar-refractivity contribution < 1.29 is 36.2 Å². The predicted molar refractivity (Wildman–Crippen MR) is 120 cm³/mol. The Labute approximate surface area is 203 Å². The topological polar surface area (TPSA) is 95.9 Å². The van der Waals surface area contributed by atoms with Crippen molar-refractivity contribution in [1.29, 1.82) is 0 Å². The van der Waals surface area contributed by atoms with Crippen LogP contribution in [0.3, 0.4) is 0 Å². The van der Waals surface area contributed by atoms with Gasteiger partial charge in [0.1, 0.15) is 18.5 Å².